The van der Waals surface area contributed by atoms with Crippen LogP contribution in [0.3, 0.4) is 0 Å². The van der Waals surface area contributed by atoms with Crippen molar-refractivity contribution >= 4 is 29.8 Å². The lowest BCUT2D eigenvalue weighted by atomic mass is 9.89. The Labute approximate surface area is 129 Å². The number of benzene rings is 1. The van der Waals surface area contributed by atoms with Crippen LogP contribution in [0.25, 0.3) is 0 Å². The summed E-state index contributed by atoms with van der Waals surface area (Å²) >= 11 is 1.47. The van der Waals surface area contributed by atoms with E-state index in [1.54, 1.807) is 10.6 Å². The predicted molar refractivity (Wildman–Crippen MR) is 88.0 cm³/mol. The summed E-state index contributed by atoms with van der Waals surface area (Å²) in [5.41, 5.74) is 1.17. The second kappa shape index (κ2) is 6.30. The summed E-state index contributed by atoms with van der Waals surface area (Å²) in [7, 11) is 0. The summed E-state index contributed by atoms with van der Waals surface area (Å²) < 4.78 is 1.77. The van der Waals surface area contributed by atoms with Crippen molar-refractivity contribution in [3.63, 3.8) is 0 Å². The van der Waals surface area contributed by atoms with Crippen molar-refractivity contribution in [3.05, 3.63) is 35.9 Å². The highest BCUT2D eigenvalue weighted by atomic mass is 32.2. The molecule has 2 rings (SSSR count). The van der Waals surface area contributed by atoms with Gasteiger partial charge in [0.2, 0.25) is 0 Å². The van der Waals surface area contributed by atoms with E-state index >= 15 is 0 Å². The summed E-state index contributed by atoms with van der Waals surface area (Å²) in [4.78, 5) is 12.5. The minimum absolute atomic E-state index is 0.139. The lowest BCUT2D eigenvalue weighted by molar-refractivity contribution is -0.127. The average Bonchev–Trinajstić information content (AvgIpc) is 2.46. The third-order valence-electron chi connectivity index (χ3n) is 2.97. The van der Waals surface area contributed by atoms with Crippen molar-refractivity contribution in [2.75, 3.05) is 12.9 Å². The fraction of sp³-hybridized carbons (Fsp3) is 0.400. The van der Waals surface area contributed by atoms with E-state index in [0.717, 1.165) is 5.56 Å². The summed E-state index contributed by atoms with van der Waals surface area (Å²) in [6.45, 7) is 6.29. The monoisotopic (exact) mass is 304 g/mol. The van der Waals surface area contributed by atoms with Crippen molar-refractivity contribution in [2.24, 2.45) is 15.6 Å². The molecule has 0 bridgehead atoms. The van der Waals surface area contributed by atoms with Crippen LogP contribution in [-0.4, -0.2) is 40.2 Å². The van der Waals surface area contributed by atoms with Gasteiger partial charge in [-0.3, -0.25) is 4.79 Å². The highest BCUT2D eigenvalue weighted by Gasteiger charge is 2.34. The molecule has 112 valence electrons. The molecule has 0 radical (unpaired) electrons. The molecule has 0 saturated heterocycles. The molecule has 0 aliphatic carbocycles. The van der Waals surface area contributed by atoms with Crippen LogP contribution in [0.5, 0.6) is 0 Å². The first-order valence-electron chi connectivity index (χ1n) is 6.73. The van der Waals surface area contributed by atoms with Crippen LogP contribution in [0.2, 0.25) is 0 Å². The molecule has 0 atom stereocenters. The first-order chi connectivity index (χ1) is 9.91. The Bertz CT molecular complexity index is 563. The zero-order chi connectivity index (χ0) is 15.5. The molecule has 0 saturated carbocycles. The van der Waals surface area contributed by atoms with E-state index in [1.165, 1.54) is 17.0 Å². The van der Waals surface area contributed by atoms with E-state index in [9.17, 15) is 4.79 Å². The summed E-state index contributed by atoms with van der Waals surface area (Å²) in [5, 5.41) is 10.2. The molecule has 1 aromatic rings. The zero-order valence-electron chi connectivity index (χ0n) is 12.8. The second-order valence-corrected chi connectivity index (χ2v) is 6.52. The maximum absolute atomic E-state index is 12.5. The van der Waals surface area contributed by atoms with E-state index in [2.05, 4.69) is 10.2 Å². The van der Waals surface area contributed by atoms with Gasteiger partial charge in [0.25, 0.3) is 5.91 Å². The number of amides is 1. The van der Waals surface area contributed by atoms with Gasteiger partial charge in [0.05, 0.1) is 6.21 Å². The number of hydrogen-bond donors (Lipinski definition) is 0. The Morgan fingerprint density at radius 2 is 1.95 bits per heavy atom. The predicted octanol–water partition coefficient (Wildman–Crippen LogP) is 2.80. The first kappa shape index (κ1) is 15.6. The van der Waals surface area contributed by atoms with Crippen molar-refractivity contribution in [3.8, 4) is 0 Å². The van der Waals surface area contributed by atoms with E-state index < -0.39 is 0 Å². The number of nitrogens with zero attached hydrogens (tertiary/aromatic N) is 4. The largest absolute Gasteiger partial charge is 0.292 e. The molecule has 0 unspecified atom stereocenters. The topological polar surface area (TPSA) is 48.3 Å². The molecule has 0 aromatic heterocycles. The van der Waals surface area contributed by atoms with Crippen molar-refractivity contribution in [1.29, 1.82) is 0 Å². The van der Waals surface area contributed by atoms with Gasteiger partial charge in [-0.05, 0) is 17.5 Å². The molecule has 1 amide bonds. The van der Waals surface area contributed by atoms with E-state index in [1.807, 2.05) is 57.4 Å². The fourth-order valence-corrected chi connectivity index (χ4v) is 2.21. The molecule has 21 heavy (non-hydrogen) atoms. The van der Waals surface area contributed by atoms with Gasteiger partial charge in [-0.15, -0.1) is 0 Å². The first-order valence-corrected chi connectivity index (χ1v) is 7.91. The normalized spacial score (nSPS) is 16.6. The third kappa shape index (κ3) is 3.85. The fourth-order valence-electron chi connectivity index (χ4n) is 1.82. The quantitative estimate of drug-likeness (QED) is 0.637. The van der Waals surface area contributed by atoms with Gasteiger partial charge >= 0.3 is 0 Å². The number of rotatable bonds is 3. The van der Waals surface area contributed by atoms with E-state index in [0.29, 0.717) is 12.4 Å². The molecule has 1 aliphatic heterocycles. The van der Waals surface area contributed by atoms with Gasteiger partial charge < -0.3 is 0 Å². The number of carbonyl (C=O) groups excluding carboxylic acids is 1. The van der Waals surface area contributed by atoms with Crippen LogP contribution in [-0.2, 0) is 4.79 Å². The van der Waals surface area contributed by atoms with E-state index in [4.69, 9.17) is 0 Å². The van der Waals surface area contributed by atoms with Crippen LogP contribution in [0, 0.1) is 5.41 Å². The van der Waals surface area contributed by atoms with Crippen LogP contribution < -0.4 is 0 Å². The maximum atomic E-state index is 12.5. The maximum Gasteiger partial charge on any atom is 0.292 e. The third-order valence-corrected chi connectivity index (χ3v) is 3.59. The Kier molecular flexibility index (Phi) is 4.67. The molecular formula is C15H20N4OS. The van der Waals surface area contributed by atoms with Crippen LogP contribution in [0.1, 0.15) is 26.3 Å². The Hall–Kier alpha value is -1.82. The molecule has 0 fully saturated rings. The van der Waals surface area contributed by atoms with Gasteiger partial charge in [-0.25, -0.2) is 9.42 Å². The van der Waals surface area contributed by atoms with Gasteiger partial charge in [0.1, 0.15) is 12.4 Å². The Morgan fingerprint density at radius 3 is 2.52 bits per heavy atom. The smallest absolute Gasteiger partial charge is 0.266 e. The zero-order valence-corrected chi connectivity index (χ0v) is 13.6. The highest BCUT2D eigenvalue weighted by molar-refractivity contribution is 7.96. The molecule has 6 heteroatoms. The van der Waals surface area contributed by atoms with Crippen molar-refractivity contribution in [1.82, 2.24) is 9.42 Å². The molecule has 0 N–H and O–H groups in total. The lowest BCUT2D eigenvalue weighted by Gasteiger charge is -2.33. The van der Waals surface area contributed by atoms with Crippen LogP contribution in [0.4, 0.5) is 0 Å². The second-order valence-electron chi connectivity index (χ2n) is 5.73. The van der Waals surface area contributed by atoms with Crippen molar-refractivity contribution < 1.29 is 4.79 Å². The van der Waals surface area contributed by atoms with Gasteiger partial charge in [0, 0.05) is 11.7 Å². The molecular weight excluding hydrogens is 284 g/mol. The van der Waals surface area contributed by atoms with Crippen LogP contribution in [0.15, 0.2) is 40.5 Å². The standard InChI is InChI=1S/C15H20N4OS/c1-15(2,3)13-14(20)18(11-19(17-13)21-4)16-10-12-8-6-5-7-9-12/h5-10H,11H2,1-4H3/b16-10+. The van der Waals surface area contributed by atoms with Gasteiger partial charge in [-0.2, -0.15) is 10.2 Å². The number of hydrazone groups is 2. The number of carbonyl (C=O) groups is 1. The Morgan fingerprint density at radius 1 is 1.29 bits per heavy atom. The van der Waals surface area contributed by atoms with E-state index in [-0.39, 0.29) is 11.3 Å². The SMILES string of the molecule is CSN1CN(/N=C/c2ccccc2)C(=O)C(C(C)(C)C)=N1. The molecule has 1 aromatic carbocycles. The van der Waals surface area contributed by atoms with Gasteiger partial charge in [0.15, 0.2) is 0 Å². The molecule has 5 nitrogen and oxygen atoms in total. The lowest BCUT2D eigenvalue weighted by Crippen LogP contribution is -2.47. The highest BCUT2D eigenvalue weighted by Crippen LogP contribution is 2.24. The molecule has 1 heterocycles. The summed E-state index contributed by atoms with van der Waals surface area (Å²) in [6, 6.07) is 9.72. The number of hydrogen-bond acceptors (Lipinski definition) is 5. The Balaban J connectivity index is 2.23. The molecule has 1 aliphatic rings. The minimum atomic E-state index is -0.313. The summed E-state index contributed by atoms with van der Waals surface area (Å²) in [6.07, 6.45) is 3.63. The van der Waals surface area contributed by atoms with Gasteiger partial charge in [-0.1, -0.05) is 51.1 Å². The average molecular weight is 304 g/mol. The molecule has 0 spiro atoms. The van der Waals surface area contributed by atoms with Crippen molar-refractivity contribution in [2.45, 2.75) is 20.8 Å². The minimum Gasteiger partial charge on any atom is -0.266 e. The summed E-state index contributed by atoms with van der Waals surface area (Å²) in [5.74, 6) is -0.139. The van der Waals surface area contributed by atoms with Crippen LogP contribution >= 0.6 is 11.9 Å².